The van der Waals surface area contributed by atoms with E-state index in [1.807, 2.05) is 25.1 Å². The van der Waals surface area contributed by atoms with Crippen molar-refractivity contribution in [2.75, 3.05) is 19.6 Å². The van der Waals surface area contributed by atoms with Gasteiger partial charge in [-0.25, -0.2) is 17.9 Å². The van der Waals surface area contributed by atoms with Crippen LogP contribution < -0.4 is 5.14 Å². The molecule has 2 atom stereocenters. The third-order valence-corrected chi connectivity index (χ3v) is 7.06. The number of carbonyl (C=O) groups is 1. The van der Waals surface area contributed by atoms with Gasteiger partial charge in [-0.2, -0.15) is 0 Å². The van der Waals surface area contributed by atoms with Crippen LogP contribution in [0.2, 0.25) is 0 Å². The second kappa shape index (κ2) is 6.25. The summed E-state index contributed by atoms with van der Waals surface area (Å²) in [5.41, 5.74) is 0.908. The van der Waals surface area contributed by atoms with Gasteiger partial charge < -0.3 is 4.90 Å². The normalized spacial score (nSPS) is 24.2. The molecule has 2 aliphatic rings. The van der Waals surface area contributed by atoms with Crippen molar-refractivity contribution in [2.45, 2.75) is 35.2 Å². The largest absolute Gasteiger partial charge is 0.333 e. The number of fused-ring (bicyclic) bond motifs is 4. The Morgan fingerprint density at radius 1 is 1.43 bits per heavy atom. The Morgan fingerprint density at radius 2 is 2.10 bits per heavy atom. The minimum atomic E-state index is -3.68. The molecule has 0 radical (unpaired) electrons. The number of nitrogens with zero attached hydrogens (tertiary/aromatic N) is 2. The minimum absolute atomic E-state index is 0.0609. The lowest BCUT2D eigenvalue weighted by atomic mass is 10.1. The molecule has 2 bridgehead atoms. The Morgan fingerprint density at radius 3 is 2.67 bits per heavy atom. The van der Waals surface area contributed by atoms with Gasteiger partial charge in [-0.3, -0.25) is 4.79 Å². The number of carbonyl (C=O) groups excluding carboxylic acids is 1. The SMILES string of the molecule is CC.CCN1C(=O)CN2CC1c1cc(S(N)(=O)=O)sc1S2. The maximum Gasteiger partial charge on any atom is 0.247 e. The lowest BCUT2D eigenvalue weighted by Gasteiger charge is -2.43. The quantitative estimate of drug-likeness (QED) is 0.821. The van der Waals surface area contributed by atoms with E-state index in [0.717, 1.165) is 16.3 Å². The third-order valence-electron chi connectivity index (χ3n) is 3.28. The number of thiophene rings is 1. The van der Waals surface area contributed by atoms with E-state index in [-0.39, 0.29) is 16.2 Å². The first-order valence-electron chi connectivity index (χ1n) is 6.79. The third kappa shape index (κ3) is 3.11. The summed E-state index contributed by atoms with van der Waals surface area (Å²) in [4.78, 5) is 13.8. The van der Waals surface area contributed by atoms with Gasteiger partial charge in [0.05, 0.1) is 16.8 Å². The summed E-state index contributed by atoms with van der Waals surface area (Å²) in [5, 5.41) is 5.18. The summed E-state index contributed by atoms with van der Waals surface area (Å²) < 4.78 is 26.0. The zero-order valence-electron chi connectivity index (χ0n) is 12.2. The summed E-state index contributed by atoms with van der Waals surface area (Å²) in [6.07, 6.45) is 0. The molecular formula is C12H19N3O3S3. The van der Waals surface area contributed by atoms with E-state index in [1.54, 1.807) is 11.0 Å². The lowest BCUT2D eigenvalue weighted by molar-refractivity contribution is -0.137. The van der Waals surface area contributed by atoms with Crippen molar-refractivity contribution in [3.63, 3.8) is 0 Å². The van der Waals surface area contributed by atoms with Crippen molar-refractivity contribution in [1.29, 1.82) is 0 Å². The Labute approximate surface area is 133 Å². The zero-order chi connectivity index (χ0) is 15.8. The van der Waals surface area contributed by atoms with Crippen LogP contribution in [-0.4, -0.2) is 43.2 Å². The van der Waals surface area contributed by atoms with Crippen molar-refractivity contribution in [3.8, 4) is 0 Å². The summed E-state index contributed by atoms with van der Waals surface area (Å²) in [7, 11) is -3.68. The fraction of sp³-hybridized carbons (Fsp3) is 0.583. The van der Waals surface area contributed by atoms with E-state index in [9.17, 15) is 13.2 Å². The average molecular weight is 350 g/mol. The number of hydrogen-bond donors (Lipinski definition) is 1. The molecule has 9 heteroatoms. The predicted molar refractivity (Wildman–Crippen MR) is 84.6 cm³/mol. The monoisotopic (exact) mass is 349 g/mol. The highest BCUT2D eigenvalue weighted by molar-refractivity contribution is 7.99. The van der Waals surface area contributed by atoms with Crippen LogP contribution in [0.5, 0.6) is 0 Å². The van der Waals surface area contributed by atoms with E-state index in [1.165, 1.54) is 23.3 Å². The molecule has 1 saturated heterocycles. The van der Waals surface area contributed by atoms with Gasteiger partial charge in [0, 0.05) is 18.7 Å². The molecule has 2 N–H and O–H groups in total. The summed E-state index contributed by atoms with van der Waals surface area (Å²) in [6.45, 7) is 7.67. The Hall–Kier alpha value is -0.610. The Kier molecular flexibility index (Phi) is 4.99. The molecule has 0 aliphatic carbocycles. The Bertz CT molecular complexity index is 641. The number of nitrogens with two attached hydrogens (primary N) is 1. The van der Waals surface area contributed by atoms with Crippen LogP contribution in [-0.2, 0) is 14.8 Å². The first kappa shape index (κ1) is 16.8. The summed E-state index contributed by atoms with van der Waals surface area (Å²) in [6, 6.07) is 1.56. The molecule has 1 aromatic rings. The van der Waals surface area contributed by atoms with Crippen molar-refractivity contribution in [2.24, 2.45) is 5.14 Å². The number of amides is 1. The molecule has 21 heavy (non-hydrogen) atoms. The smallest absolute Gasteiger partial charge is 0.247 e. The molecular weight excluding hydrogens is 330 g/mol. The molecule has 6 nitrogen and oxygen atoms in total. The van der Waals surface area contributed by atoms with Crippen molar-refractivity contribution in [3.05, 3.63) is 11.6 Å². The highest BCUT2D eigenvalue weighted by Gasteiger charge is 2.40. The van der Waals surface area contributed by atoms with Crippen LogP contribution in [0, 0.1) is 0 Å². The molecule has 2 unspecified atom stereocenters. The maximum atomic E-state index is 12.0. The van der Waals surface area contributed by atoms with Crippen LogP contribution in [0.3, 0.4) is 0 Å². The van der Waals surface area contributed by atoms with E-state index in [0.29, 0.717) is 13.1 Å². The summed E-state index contributed by atoms with van der Waals surface area (Å²) >= 11 is 2.63. The fourth-order valence-electron chi connectivity index (χ4n) is 2.43. The first-order chi connectivity index (χ1) is 9.90. The minimum Gasteiger partial charge on any atom is -0.333 e. The fourth-order valence-corrected chi connectivity index (χ4v) is 5.94. The molecule has 3 heterocycles. The second-order valence-corrected chi connectivity index (χ2v) is 8.67. The van der Waals surface area contributed by atoms with Gasteiger partial charge in [0.2, 0.25) is 15.9 Å². The van der Waals surface area contributed by atoms with Crippen LogP contribution in [0.1, 0.15) is 32.4 Å². The number of sulfonamides is 1. The molecule has 1 aromatic heterocycles. The average Bonchev–Trinajstić information content (AvgIpc) is 2.85. The van der Waals surface area contributed by atoms with Gasteiger partial charge in [0.1, 0.15) is 4.21 Å². The standard InChI is InChI=1S/C10H13N3O3S3.C2H6/c1-2-13-7-4-12(5-8(13)14)18-10-6(7)3-9(17-10)19(11,15)16;1-2/h3,7H,2,4-5H2,1H3,(H2,11,15,16);1-2H3. The van der Waals surface area contributed by atoms with Gasteiger partial charge in [-0.1, -0.05) is 13.8 Å². The summed E-state index contributed by atoms with van der Waals surface area (Å²) in [5.74, 6) is 0.0836. The van der Waals surface area contributed by atoms with Gasteiger partial charge in [0.15, 0.2) is 0 Å². The van der Waals surface area contributed by atoms with Crippen LogP contribution in [0.4, 0.5) is 0 Å². The molecule has 0 saturated carbocycles. The molecule has 118 valence electrons. The predicted octanol–water partition coefficient (Wildman–Crippen LogP) is 1.65. The molecule has 0 aromatic carbocycles. The molecule has 1 fully saturated rings. The number of rotatable bonds is 2. The van der Waals surface area contributed by atoms with Gasteiger partial charge in [-0.15, -0.1) is 11.3 Å². The van der Waals surface area contributed by atoms with Gasteiger partial charge in [-0.05, 0) is 24.9 Å². The maximum absolute atomic E-state index is 12.0. The van der Waals surface area contributed by atoms with Crippen molar-refractivity contribution < 1.29 is 13.2 Å². The zero-order valence-corrected chi connectivity index (χ0v) is 14.6. The van der Waals surface area contributed by atoms with Crippen LogP contribution >= 0.6 is 23.3 Å². The van der Waals surface area contributed by atoms with E-state index >= 15 is 0 Å². The number of primary sulfonamides is 1. The van der Waals surface area contributed by atoms with Crippen molar-refractivity contribution >= 4 is 39.2 Å². The topological polar surface area (TPSA) is 83.7 Å². The number of hydrogen-bond acceptors (Lipinski definition) is 6. The highest BCUT2D eigenvalue weighted by Crippen LogP contribution is 2.47. The first-order valence-corrected chi connectivity index (χ1v) is 9.92. The van der Waals surface area contributed by atoms with E-state index < -0.39 is 10.0 Å². The van der Waals surface area contributed by atoms with E-state index in [2.05, 4.69) is 0 Å². The van der Waals surface area contributed by atoms with Gasteiger partial charge in [0.25, 0.3) is 0 Å². The van der Waals surface area contributed by atoms with E-state index in [4.69, 9.17) is 5.14 Å². The molecule has 0 spiro atoms. The lowest BCUT2D eigenvalue weighted by Crippen LogP contribution is -2.51. The molecule has 2 aliphatic heterocycles. The second-order valence-electron chi connectivity index (χ2n) is 4.46. The number of piperazine rings is 1. The van der Waals surface area contributed by atoms with Crippen LogP contribution in [0.15, 0.2) is 14.5 Å². The van der Waals surface area contributed by atoms with Gasteiger partial charge >= 0.3 is 0 Å². The molecule has 1 amide bonds. The Balaban J connectivity index is 0.000000774. The molecule has 3 rings (SSSR count). The number of likely N-dealkylation sites (N-methyl/N-ethyl adjacent to an activating group) is 1. The van der Waals surface area contributed by atoms with Crippen molar-refractivity contribution in [1.82, 2.24) is 9.21 Å². The highest BCUT2D eigenvalue weighted by atomic mass is 32.3. The van der Waals surface area contributed by atoms with Crippen LogP contribution in [0.25, 0.3) is 0 Å².